The van der Waals surface area contributed by atoms with E-state index in [4.69, 9.17) is 11.6 Å². The number of nitrogens with zero attached hydrogens (tertiary/aromatic N) is 1. The predicted octanol–water partition coefficient (Wildman–Crippen LogP) is 3.99. The first-order valence-corrected chi connectivity index (χ1v) is 7.89. The lowest BCUT2D eigenvalue weighted by molar-refractivity contribution is -0.117. The van der Waals surface area contributed by atoms with E-state index in [1.54, 1.807) is 23.1 Å². The number of benzene rings is 1. The lowest BCUT2D eigenvalue weighted by Crippen LogP contribution is -2.24. The molecule has 0 spiro atoms. The van der Waals surface area contributed by atoms with Crippen molar-refractivity contribution in [1.29, 1.82) is 0 Å². The number of nitrogens with one attached hydrogen (secondary N) is 1. The molecule has 1 saturated heterocycles. The number of halogens is 1. The summed E-state index contributed by atoms with van der Waals surface area (Å²) in [4.78, 5) is 25.2. The lowest BCUT2D eigenvalue weighted by atomic mass is 10.2. The highest BCUT2D eigenvalue weighted by molar-refractivity contribution is 6.34. The average Bonchev–Trinajstić information content (AvgIpc) is 2.85. The molecule has 1 aromatic carbocycles. The number of carbonyl (C=O) groups excluding carboxylic acids is 2. The molecular formula is C16H21ClN2O2. The SMILES string of the molecule is CCCCCC(=O)Nc1ccc(N2CCCC2=O)c(Cl)c1. The molecule has 4 nitrogen and oxygen atoms in total. The average molecular weight is 309 g/mol. The monoisotopic (exact) mass is 308 g/mol. The van der Waals surface area contributed by atoms with Gasteiger partial charge in [0, 0.05) is 25.1 Å². The Bertz CT molecular complexity index is 531. The fraction of sp³-hybridized carbons (Fsp3) is 0.500. The largest absolute Gasteiger partial charge is 0.326 e. The van der Waals surface area contributed by atoms with Crippen LogP contribution in [0.2, 0.25) is 5.02 Å². The van der Waals surface area contributed by atoms with Gasteiger partial charge in [-0.05, 0) is 31.0 Å². The first-order valence-electron chi connectivity index (χ1n) is 7.51. The van der Waals surface area contributed by atoms with Crippen LogP contribution in [0.25, 0.3) is 0 Å². The van der Waals surface area contributed by atoms with Crippen LogP contribution < -0.4 is 10.2 Å². The number of hydrogen-bond donors (Lipinski definition) is 1. The van der Waals surface area contributed by atoms with Crippen molar-refractivity contribution >= 4 is 34.8 Å². The third-order valence-corrected chi connectivity index (χ3v) is 3.91. The first kappa shape index (κ1) is 15.8. The van der Waals surface area contributed by atoms with E-state index in [0.29, 0.717) is 30.1 Å². The molecule has 0 bridgehead atoms. The van der Waals surface area contributed by atoms with Gasteiger partial charge in [-0.1, -0.05) is 31.4 Å². The molecule has 2 amide bonds. The maximum Gasteiger partial charge on any atom is 0.227 e. The van der Waals surface area contributed by atoms with Gasteiger partial charge in [-0.15, -0.1) is 0 Å². The molecule has 1 aliphatic rings. The van der Waals surface area contributed by atoms with Crippen LogP contribution in [0.4, 0.5) is 11.4 Å². The third kappa shape index (κ3) is 4.21. The Balaban J connectivity index is 1.98. The van der Waals surface area contributed by atoms with Gasteiger partial charge >= 0.3 is 0 Å². The van der Waals surface area contributed by atoms with Gasteiger partial charge in [0.05, 0.1) is 10.7 Å². The van der Waals surface area contributed by atoms with E-state index in [2.05, 4.69) is 12.2 Å². The zero-order chi connectivity index (χ0) is 15.2. The van der Waals surface area contributed by atoms with E-state index >= 15 is 0 Å². The second-order valence-corrected chi connectivity index (χ2v) is 5.73. The number of hydrogen-bond acceptors (Lipinski definition) is 2. The molecular weight excluding hydrogens is 288 g/mol. The molecule has 2 rings (SSSR count). The summed E-state index contributed by atoms with van der Waals surface area (Å²) in [5, 5.41) is 3.34. The van der Waals surface area contributed by atoms with E-state index in [1.165, 1.54) is 0 Å². The highest BCUT2D eigenvalue weighted by Crippen LogP contribution is 2.31. The summed E-state index contributed by atoms with van der Waals surface area (Å²) in [7, 11) is 0. The number of amides is 2. The quantitative estimate of drug-likeness (QED) is 0.808. The summed E-state index contributed by atoms with van der Waals surface area (Å²) >= 11 is 6.24. The van der Waals surface area contributed by atoms with E-state index < -0.39 is 0 Å². The Hall–Kier alpha value is -1.55. The minimum absolute atomic E-state index is 0.00418. The molecule has 0 aliphatic carbocycles. The van der Waals surface area contributed by atoms with Crippen LogP contribution in [-0.4, -0.2) is 18.4 Å². The van der Waals surface area contributed by atoms with Crippen LogP contribution in [-0.2, 0) is 9.59 Å². The van der Waals surface area contributed by atoms with Gasteiger partial charge in [0.1, 0.15) is 0 Å². The normalized spacial score (nSPS) is 14.6. The summed E-state index contributed by atoms with van der Waals surface area (Å²) in [6.45, 7) is 2.82. The second kappa shape index (κ2) is 7.46. The van der Waals surface area contributed by atoms with Crippen molar-refractivity contribution in [2.75, 3.05) is 16.8 Å². The number of carbonyl (C=O) groups is 2. The molecule has 0 radical (unpaired) electrons. The first-order chi connectivity index (χ1) is 10.1. The number of unbranched alkanes of at least 4 members (excludes halogenated alkanes) is 2. The van der Waals surface area contributed by atoms with Gasteiger partial charge < -0.3 is 10.2 Å². The zero-order valence-electron chi connectivity index (χ0n) is 12.3. The lowest BCUT2D eigenvalue weighted by Gasteiger charge is -2.18. The molecule has 0 saturated carbocycles. The molecule has 1 N–H and O–H groups in total. The van der Waals surface area contributed by atoms with Crippen molar-refractivity contribution in [3.8, 4) is 0 Å². The van der Waals surface area contributed by atoms with Crippen LogP contribution in [0, 0.1) is 0 Å². The van der Waals surface area contributed by atoms with Crippen LogP contribution >= 0.6 is 11.6 Å². The Morgan fingerprint density at radius 3 is 2.81 bits per heavy atom. The van der Waals surface area contributed by atoms with E-state index in [0.717, 1.165) is 31.4 Å². The molecule has 0 aromatic heterocycles. The minimum atomic E-state index is 0.00418. The molecule has 21 heavy (non-hydrogen) atoms. The molecule has 0 atom stereocenters. The predicted molar refractivity (Wildman–Crippen MR) is 85.8 cm³/mol. The van der Waals surface area contributed by atoms with Gasteiger partial charge in [0.25, 0.3) is 0 Å². The van der Waals surface area contributed by atoms with Crippen LogP contribution in [0.15, 0.2) is 18.2 Å². The van der Waals surface area contributed by atoms with Gasteiger partial charge in [0.15, 0.2) is 0 Å². The van der Waals surface area contributed by atoms with Crippen molar-refractivity contribution in [3.63, 3.8) is 0 Å². The van der Waals surface area contributed by atoms with E-state index in [1.807, 2.05) is 0 Å². The van der Waals surface area contributed by atoms with Crippen molar-refractivity contribution in [2.45, 2.75) is 45.4 Å². The zero-order valence-corrected chi connectivity index (χ0v) is 13.1. The van der Waals surface area contributed by atoms with Crippen molar-refractivity contribution in [3.05, 3.63) is 23.2 Å². The van der Waals surface area contributed by atoms with E-state index in [-0.39, 0.29) is 11.8 Å². The van der Waals surface area contributed by atoms with Gasteiger partial charge in [0.2, 0.25) is 11.8 Å². The van der Waals surface area contributed by atoms with Crippen LogP contribution in [0.3, 0.4) is 0 Å². The van der Waals surface area contributed by atoms with Gasteiger partial charge in [-0.2, -0.15) is 0 Å². The smallest absolute Gasteiger partial charge is 0.227 e. The maximum atomic E-state index is 11.8. The Morgan fingerprint density at radius 2 is 2.19 bits per heavy atom. The van der Waals surface area contributed by atoms with E-state index in [9.17, 15) is 9.59 Å². The van der Waals surface area contributed by atoms with Gasteiger partial charge in [-0.3, -0.25) is 9.59 Å². The molecule has 1 fully saturated rings. The molecule has 1 aliphatic heterocycles. The highest BCUT2D eigenvalue weighted by atomic mass is 35.5. The fourth-order valence-electron chi connectivity index (χ4n) is 2.47. The third-order valence-electron chi connectivity index (χ3n) is 3.60. The fourth-order valence-corrected chi connectivity index (χ4v) is 2.75. The second-order valence-electron chi connectivity index (χ2n) is 5.32. The Kier molecular flexibility index (Phi) is 5.62. The standard InChI is InChI=1S/C16H21ClN2O2/c1-2-3-4-6-15(20)18-12-8-9-14(13(17)11-12)19-10-5-7-16(19)21/h8-9,11H,2-7,10H2,1H3,(H,18,20). The summed E-state index contributed by atoms with van der Waals surface area (Å²) in [6.07, 6.45) is 5.02. The minimum Gasteiger partial charge on any atom is -0.326 e. The molecule has 114 valence electrons. The summed E-state index contributed by atoms with van der Waals surface area (Å²) in [5.74, 6) is 0.109. The van der Waals surface area contributed by atoms with Crippen LogP contribution in [0.1, 0.15) is 45.4 Å². The summed E-state index contributed by atoms with van der Waals surface area (Å²) in [5.41, 5.74) is 1.40. The Labute approximate surface area is 130 Å². The van der Waals surface area contributed by atoms with Crippen LogP contribution in [0.5, 0.6) is 0 Å². The molecule has 1 aromatic rings. The summed E-state index contributed by atoms with van der Waals surface area (Å²) < 4.78 is 0. The molecule has 0 unspecified atom stereocenters. The Morgan fingerprint density at radius 1 is 1.38 bits per heavy atom. The van der Waals surface area contributed by atoms with Crippen molar-refractivity contribution in [1.82, 2.24) is 0 Å². The number of anilines is 2. The van der Waals surface area contributed by atoms with Crippen molar-refractivity contribution in [2.24, 2.45) is 0 Å². The topological polar surface area (TPSA) is 49.4 Å². The van der Waals surface area contributed by atoms with Crippen molar-refractivity contribution < 1.29 is 9.59 Å². The summed E-state index contributed by atoms with van der Waals surface area (Å²) in [6, 6.07) is 5.30. The molecule has 5 heteroatoms. The highest BCUT2D eigenvalue weighted by Gasteiger charge is 2.23. The maximum absolute atomic E-state index is 11.8. The number of rotatable bonds is 6. The molecule has 1 heterocycles. The van der Waals surface area contributed by atoms with Gasteiger partial charge in [-0.25, -0.2) is 0 Å².